The van der Waals surface area contributed by atoms with Crippen LogP contribution in [0.15, 0.2) is 11.6 Å². The van der Waals surface area contributed by atoms with Gasteiger partial charge < -0.3 is 94.4 Å². The number of rotatable bonds is 14. The Balaban J connectivity index is 1.15. The van der Waals surface area contributed by atoms with Crippen LogP contribution >= 0.6 is 0 Å². The van der Waals surface area contributed by atoms with Crippen LogP contribution in [0.5, 0.6) is 0 Å². The molecule has 404 valence electrons. The van der Waals surface area contributed by atoms with E-state index in [9.17, 15) is 66.1 Å². The lowest BCUT2D eigenvalue weighted by Crippen LogP contribution is -2.70. The molecule has 7 fully saturated rings. The Morgan fingerprint density at radius 2 is 1.21 bits per heavy atom. The van der Waals surface area contributed by atoms with Gasteiger partial charge >= 0.3 is 5.97 Å². The zero-order chi connectivity index (χ0) is 51.8. The molecule has 3 aliphatic heterocycles. The Morgan fingerprint density at radius 1 is 0.657 bits per heavy atom. The molecule has 0 amide bonds. The maximum atomic E-state index is 12.7. The Kier molecular flexibility index (Phi) is 16.8. The van der Waals surface area contributed by atoms with E-state index in [1.54, 1.807) is 0 Å². The number of carbonyl (C=O) groups excluding carboxylic acids is 1. The normalized spacial score (nSPS) is 51.0. The summed E-state index contributed by atoms with van der Waals surface area (Å²) in [7, 11) is 0. The minimum absolute atomic E-state index is 0.0902. The maximum Gasteiger partial charge on any atom is 0.302 e. The van der Waals surface area contributed by atoms with Crippen LogP contribution in [0.25, 0.3) is 0 Å². The summed E-state index contributed by atoms with van der Waals surface area (Å²) >= 11 is 0. The van der Waals surface area contributed by atoms with Crippen molar-refractivity contribution in [3.63, 3.8) is 0 Å². The largest absolute Gasteiger partial charge is 0.463 e. The molecule has 12 N–H and O–H groups in total. The molecule has 3 heterocycles. The number of allylic oxidation sites excluding steroid dienone is 2. The van der Waals surface area contributed by atoms with Crippen molar-refractivity contribution in [1.29, 1.82) is 0 Å². The molecular weight excluding hydrogens is 921 g/mol. The molecule has 0 aromatic heterocycles. The second kappa shape index (κ2) is 20.9. The van der Waals surface area contributed by atoms with Gasteiger partial charge in [-0.2, -0.15) is 0 Å². The van der Waals surface area contributed by atoms with Crippen molar-refractivity contribution in [2.75, 3.05) is 19.8 Å². The highest BCUT2D eigenvalue weighted by Gasteiger charge is 2.73. The van der Waals surface area contributed by atoms with Crippen LogP contribution in [0.2, 0.25) is 0 Å². The fraction of sp³-hybridized carbons (Fsp3) is 0.940. The second-order valence-electron chi connectivity index (χ2n) is 23.7. The van der Waals surface area contributed by atoms with Gasteiger partial charge in [-0.1, -0.05) is 46.3 Å². The van der Waals surface area contributed by atoms with Crippen LogP contribution < -0.4 is 0 Å². The van der Waals surface area contributed by atoms with Gasteiger partial charge in [0.2, 0.25) is 0 Å². The molecule has 4 aliphatic carbocycles. The third-order valence-electron chi connectivity index (χ3n) is 19.0. The molecule has 20 nitrogen and oxygen atoms in total. The van der Waals surface area contributed by atoms with Crippen LogP contribution in [-0.2, 0) is 38.0 Å². The number of esters is 1. The van der Waals surface area contributed by atoms with Gasteiger partial charge in [-0.25, -0.2) is 0 Å². The minimum atomic E-state index is -1.85. The topological polar surface area (TPSA) is 324 Å². The lowest BCUT2D eigenvalue weighted by molar-refractivity contribution is -0.383. The average Bonchev–Trinajstić information content (AvgIpc) is 3.68. The monoisotopic (exact) mass is 1000 g/mol. The molecule has 7 rings (SSSR count). The van der Waals surface area contributed by atoms with E-state index in [1.165, 1.54) is 6.92 Å². The van der Waals surface area contributed by atoms with Crippen LogP contribution in [0.1, 0.15) is 114 Å². The van der Waals surface area contributed by atoms with Crippen LogP contribution in [0.4, 0.5) is 0 Å². The van der Waals surface area contributed by atoms with E-state index >= 15 is 0 Å². The number of ether oxygens (including phenoxy) is 7. The zero-order valence-electron chi connectivity index (χ0n) is 42.2. The summed E-state index contributed by atoms with van der Waals surface area (Å²) in [4.78, 5) is 11.7. The molecule has 0 bridgehead atoms. The van der Waals surface area contributed by atoms with E-state index in [0.717, 1.165) is 18.4 Å². The third kappa shape index (κ3) is 9.70. The number of aliphatic hydroxyl groups excluding tert-OH is 12. The first-order valence-electron chi connectivity index (χ1n) is 25.4. The van der Waals surface area contributed by atoms with Gasteiger partial charge in [0.1, 0.15) is 79.9 Å². The molecule has 3 saturated heterocycles. The van der Waals surface area contributed by atoms with Gasteiger partial charge in [-0.05, 0) is 117 Å². The molecule has 0 aromatic carbocycles. The van der Waals surface area contributed by atoms with Gasteiger partial charge in [0.15, 0.2) is 18.9 Å². The van der Waals surface area contributed by atoms with Crippen molar-refractivity contribution in [1.82, 2.24) is 0 Å². The molecule has 0 spiro atoms. The van der Waals surface area contributed by atoms with E-state index in [1.807, 2.05) is 34.6 Å². The molecule has 7 aliphatic rings. The smallest absolute Gasteiger partial charge is 0.302 e. The van der Waals surface area contributed by atoms with E-state index in [0.29, 0.717) is 32.1 Å². The van der Waals surface area contributed by atoms with E-state index in [2.05, 4.69) is 26.8 Å². The SMILES string of the molecule is CC(=O)OC[C@H]1O[C@@H](O[C@@](C)(CCC=C(C)C)[C@H]2CC[C@]3(C)[C@@H]2[C@H](O)CC2[C@@]4(C)C[C@@H](O)[C@H](O[C@@H]5O[C@H](CO)[C@@H](O)[C@H](O)[C@H]5O[C@@H]5O[C@H](CO)[C@@H](O)[C@H](O)[C@H]5O)C(C)(C)C4CC[C@]23C)[C@H](O)[C@@H](O)[C@@H]1O. The number of aliphatic hydroxyl groups is 12. The fourth-order valence-electron chi connectivity index (χ4n) is 15.2. The first-order valence-corrected chi connectivity index (χ1v) is 25.4. The number of hydrogen-bond donors (Lipinski definition) is 12. The van der Waals surface area contributed by atoms with Gasteiger partial charge in [0.25, 0.3) is 0 Å². The molecule has 4 saturated carbocycles. The highest BCUT2D eigenvalue weighted by Crippen LogP contribution is 2.76. The Hall–Kier alpha value is -1.51. The predicted molar refractivity (Wildman–Crippen MR) is 245 cm³/mol. The lowest BCUT2D eigenvalue weighted by atomic mass is 9.35. The average molecular weight is 1010 g/mol. The minimum Gasteiger partial charge on any atom is -0.463 e. The predicted octanol–water partition coefficient (Wildman–Crippen LogP) is -0.485. The molecule has 20 heteroatoms. The molecule has 0 radical (unpaired) electrons. The molecule has 2 unspecified atom stereocenters. The van der Waals surface area contributed by atoms with E-state index < -0.39 is 151 Å². The van der Waals surface area contributed by atoms with Gasteiger partial charge in [-0.3, -0.25) is 4.79 Å². The van der Waals surface area contributed by atoms with Crippen LogP contribution in [0.3, 0.4) is 0 Å². The molecule has 0 aromatic rings. The summed E-state index contributed by atoms with van der Waals surface area (Å²) in [5, 5.41) is 132. The van der Waals surface area contributed by atoms with Crippen LogP contribution in [-0.4, -0.2) is 203 Å². The standard InChI is InChI=1S/C50H84O20/c1-22(2)11-10-14-50(9,70-44-40(63)37(60)35(58)29(67-44)21-64-23(3)53)24-12-15-49(8)32(24)25(54)17-31-47(6)18-26(55)42(46(4,5)30(47)13-16-48(31,49)7)69-45-41(38(61)34(57)28(20-52)66-45)68-43-39(62)36(59)33(56)27(19-51)65-43/h11,24-45,51-52,54-63H,10,12-21H2,1-9H3/t24-,25+,26+,27+,28+,29+,30?,31?,32-,33+,34+,35+,36-,37-,38-,39+,40+,41+,42-,43-,44-,45-,47-,48+,49+,50-/m0/s1. The van der Waals surface area contributed by atoms with Crippen LogP contribution in [0, 0.1) is 45.3 Å². The summed E-state index contributed by atoms with van der Waals surface area (Å²) < 4.78 is 42.3. The first kappa shape index (κ1) is 56.2. The summed E-state index contributed by atoms with van der Waals surface area (Å²) in [5.74, 6) is -1.31. The van der Waals surface area contributed by atoms with Gasteiger partial charge in [0, 0.05) is 6.92 Å². The highest BCUT2D eigenvalue weighted by molar-refractivity contribution is 5.65. The fourth-order valence-corrected chi connectivity index (χ4v) is 15.2. The summed E-state index contributed by atoms with van der Waals surface area (Å²) in [6.45, 7) is 16.1. The Bertz CT molecular complexity index is 1830. The summed E-state index contributed by atoms with van der Waals surface area (Å²) in [5.41, 5.74) is -2.08. The summed E-state index contributed by atoms with van der Waals surface area (Å²) in [6, 6.07) is 0. The van der Waals surface area contributed by atoms with E-state index in [4.69, 9.17) is 33.2 Å². The third-order valence-corrected chi connectivity index (χ3v) is 19.0. The van der Waals surface area contributed by atoms with Gasteiger partial charge in [-0.15, -0.1) is 0 Å². The maximum absolute atomic E-state index is 12.7. The van der Waals surface area contributed by atoms with Crippen molar-refractivity contribution in [2.45, 2.75) is 230 Å². The van der Waals surface area contributed by atoms with Crippen molar-refractivity contribution in [3.8, 4) is 0 Å². The van der Waals surface area contributed by atoms with Gasteiger partial charge in [0.05, 0.1) is 37.1 Å². The van der Waals surface area contributed by atoms with E-state index in [-0.39, 0.29) is 42.1 Å². The molecule has 26 atom stereocenters. The Morgan fingerprint density at radius 3 is 1.81 bits per heavy atom. The summed E-state index contributed by atoms with van der Waals surface area (Å²) in [6.07, 6.45) is -20.0. The zero-order valence-corrected chi connectivity index (χ0v) is 42.2. The number of fused-ring (bicyclic) bond motifs is 5. The lowest BCUT2D eigenvalue weighted by Gasteiger charge is -2.71. The van der Waals surface area contributed by atoms with Crippen molar-refractivity contribution in [3.05, 3.63) is 11.6 Å². The molecular formula is C50H84O20. The van der Waals surface area contributed by atoms with Crippen molar-refractivity contribution < 1.29 is 99.2 Å². The second-order valence-corrected chi connectivity index (χ2v) is 23.7. The Labute approximate surface area is 410 Å². The number of carbonyl (C=O) groups is 1. The quantitative estimate of drug-likeness (QED) is 0.0594. The first-order chi connectivity index (χ1) is 32.6. The van der Waals surface area contributed by atoms with Crippen molar-refractivity contribution in [2.24, 2.45) is 45.3 Å². The highest BCUT2D eigenvalue weighted by atomic mass is 16.8. The van der Waals surface area contributed by atoms with Crippen molar-refractivity contribution >= 4 is 5.97 Å². The number of hydrogen-bond acceptors (Lipinski definition) is 20. The molecule has 70 heavy (non-hydrogen) atoms.